The fourth-order valence-electron chi connectivity index (χ4n) is 4.36. The van der Waals surface area contributed by atoms with E-state index in [1.54, 1.807) is 0 Å². The lowest BCUT2D eigenvalue weighted by molar-refractivity contribution is 0.349. The summed E-state index contributed by atoms with van der Waals surface area (Å²) < 4.78 is 6.88. The van der Waals surface area contributed by atoms with E-state index in [0.29, 0.717) is 5.56 Å². The van der Waals surface area contributed by atoms with Crippen molar-refractivity contribution < 1.29 is 4.53 Å². The molecule has 0 N–H and O–H groups in total. The van der Waals surface area contributed by atoms with Crippen molar-refractivity contribution in [2.75, 3.05) is 0 Å². The maximum absolute atomic E-state index is 9.27. The number of nitriles is 1. The molecule has 0 spiro atoms. The van der Waals surface area contributed by atoms with E-state index < -0.39 is 8.32 Å². The van der Waals surface area contributed by atoms with Crippen molar-refractivity contribution in [1.29, 1.82) is 5.26 Å². The first-order valence-corrected chi connectivity index (χ1v) is 13.7. The van der Waals surface area contributed by atoms with E-state index in [0.717, 1.165) is 32.4 Å². The SMILES string of the molecule is N#Cc1ccc(C(=NO[Si](c2ccccc2)(c2ccccc2)c2ccccc2)c2ccccc2)cc1. The van der Waals surface area contributed by atoms with Crippen LogP contribution in [0.25, 0.3) is 0 Å². The van der Waals surface area contributed by atoms with Crippen LogP contribution in [0.2, 0.25) is 0 Å². The minimum atomic E-state index is -3.01. The van der Waals surface area contributed by atoms with Gasteiger partial charge in [0.1, 0.15) is 5.71 Å². The molecule has 0 saturated carbocycles. The van der Waals surface area contributed by atoms with Crippen LogP contribution in [0.3, 0.4) is 0 Å². The predicted octanol–water partition coefficient (Wildman–Crippen LogP) is 4.99. The van der Waals surface area contributed by atoms with Crippen LogP contribution in [0.1, 0.15) is 16.7 Å². The van der Waals surface area contributed by atoms with E-state index in [-0.39, 0.29) is 0 Å². The number of hydrogen-bond donors (Lipinski definition) is 0. The van der Waals surface area contributed by atoms with Gasteiger partial charge < -0.3 is 4.53 Å². The van der Waals surface area contributed by atoms with Gasteiger partial charge in [-0.2, -0.15) is 5.26 Å². The molecular formula is C32H24N2OSi. The Morgan fingerprint density at radius 1 is 0.528 bits per heavy atom. The maximum atomic E-state index is 9.27. The molecule has 0 unspecified atom stereocenters. The Morgan fingerprint density at radius 3 is 1.33 bits per heavy atom. The molecule has 5 rings (SSSR count). The Labute approximate surface area is 212 Å². The molecule has 0 fully saturated rings. The van der Waals surface area contributed by atoms with Crippen LogP contribution in [-0.2, 0) is 4.53 Å². The zero-order valence-electron chi connectivity index (χ0n) is 19.7. The van der Waals surface area contributed by atoms with Gasteiger partial charge in [-0.25, -0.2) is 0 Å². The van der Waals surface area contributed by atoms with Gasteiger partial charge in [0, 0.05) is 11.1 Å². The number of oxime groups is 1. The molecule has 0 bridgehead atoms. The highest BCUT2D eigenvalue weighted by atomic mass is 28.4. The van der Waals surface area contributed by atoms with Crippen LogP contribution < -0.4 is 15.6 Å². The largest absolute Gasteiger partial charge is 0.437 e. The number of rotatable bonds is 7. The summed E-state index contributed by atoms with van der Waals surface area (Å²) in [6.07, 6.45) is 0. The fraction of sp³-hybridized carbons (Fsp3) is 0. The van der Waals surface area contributed by atoms with E-state index in [1.165, 1.54) is 0 Å². The summed E-state index contributed by atoms with van der Waals surface area (Å²) in [5.41, 5.74) is 3.16. The minimum Gasteiger partial charge on any atom is -0.437 e. The quantitative estimate of drug-likeness (QED) is 0.143. The van der Waals surface area contributed by atoms with Gasteiger partial charge in [-0.3, -0.25) is 0 Å². The van der Waals surface area contributed by atoms with Crippen molar-refractivity contribution in [1.82, 2.24) is 0 Å². The lowest BCUT2D eigenvalue weighted by atomic mass is 10.0. The summed E-state index contributed by atoms with van der Waals surface area (Å²) in [5, 5.41) is 17.5. The van der Waals surface area contributed by atoms with Crippen LogP contribution in [0.5, 0.6) is 0 Å². The number of hydrogen-bond acceptors (Lipinski definition) is 3. The monoisotopic (exact) mass is 480 g/mol. The van der Waals surface area contributed by atoms with E-state index in [1.807, 2.05) is 72.8 Å². The predicted molar refractivity (Wildman–Crippen MR) is 148 cm³/mol. The Bertz CT molecular complexity index is 1380. The Balaban J connectivity index is 1.74. The molecular weight excluding hydrogens is 456 g/mol. The molecule has 0 heterocycles. The standard InChI is InChI=1S/C32H24N2OSi/c33-25-26-21-23-28(24-22-26)32(27-13-5-1-6-14-27)34-35-36(29-15-7-2-8-16-29,30-17-9-3-10-18-30)31-19-11-4-12-20-31/h1-24H. The second-order valence-electron chi connectivity index (χ2n) is 8.37. The van der Waals surface area contributed by atoms with Crippen molar-refractivity contribution in [3.05, 3.63) is 162 Å². The molecule has 0 saturated heterocycles. The van der Waals surface area contributed by atoms with E-state index in [9.17, 15) is 5.26 Å². The zero-order chi connectivity index (χ0) is 24.6. The average Bonchev–Trinajstić information content (AvgIpc) is 2.97. The van der Waals surface area contributed by atoms with Gasteiger partial charge in [0.05, 0.1) is 11.6 Å². The molecule has 36 heavy (non-hydrogen) atoms. The zero-order valence-corrected chi connectivity index (χ0v) is 20.7. The van der Waals surface area contributed by atoms with Crippen molar-refractivity contribution in [3.8, 4) is 6.07 Å². The summed E-state index contributed by atoms with van der Waals surface area (Å²) in [6, 6.07) is 50.8. The summed E-state index contributed by atoms with van der Waals surface area (Å²) >= 11 is 0. The molecule has 3 nitrogen and oxygen atoms in total. The van der Waals surface area contributed by atoms with E-state index >= 15 is 0 Å². The van der Waals surface area contributed by atoms with Gasteiger partial charge in [-0.05, 0) is 27.7 Å². The number of benzene rings is 5. The minimum absolute atomic E-state index is 0.605. The first kappa shape index (κ1) is 23.0. The third-order valence-electron chi connectivity index (χ3n) is 6.15. The molecule has 0 aliphatic carbocycles. The summed E-state index contributed by atoms with van der Waals surface area (Å²) in [5.74, 6) is 0. The van der Waals surface area contributed by atoms with Crippen LogP contribution in [0.15, 0.2) is 151 Å². The van der Waals surface area contributed by atoms with Gasteiger partial charge in [-0.15, -0.1) is 0 Å². The molecule has 5 aromatic carbocycles. The second-order valence-corrected chi connectivity index (χ2v) is 11.6. The normalized spacial score (nSPS) is 11.5. The van der Waals surface area contributed by atoms with Crippen LogP contribution >= 0.6 is 0 Å². The smallest absolute Gasteiger partial charge is 0.380 e. The Hall–Kier alpha value is -4.72. The fourth-order valence-corrected chi connectivity index (χ4v) is 7.89. The van der Waals surface area contributed by atoms with E-state index in [2.05, 4.69) is 78.9 Å². The van der Waals surface area contributed by atoms with Crippen molar-refractivity contribution in [3.63, 3.8) is 0 Å². The average molecular weight is 481 g/mol. The molecule has 4 heteroatoms. The summed E-state index contributed by atoms with van der Waals surface area (Å²) in [4.78, 5) is 0. The first-order chi connectivity index (χ1) is 17.8. The van der Waals surface area contributed by atoms with Gasteiger partial charge in [0.25, 0.3) is 0 Å². The van der Waals surface area contributed by atoms with Gasteiger partial charge in [-0.1, -0.05) is 139 Å². The third-order valence-corrected chi connectivity index (χ3v) is 9.95. The highest BCUT2D eigenvalue weighted by Gasteiger charge is 2.45. The molecule has 0 amide bonds. The van der Waals surface area contributed by atoms with Crippen molar-refractivity contribution in [2.24, 2.45) is 5.16 Å². The number of nitrogens with zero attached hydrogens (tertiary/aromatic N) is 2. The Kier molecular flexibility index (Phi) is 6.84. The molecule has 0 radical (unpaired) electrons. The second kappa shape index (κ2) is 10.7. The van der Waals surface area contributed by atoms with Gasteiger partial charge in [0.2, 0.25) is 0 Å². The molecule has 172 valence electrons. The molecule has 0 aliphatic rings. The summed E-state index contributed by atoms with van der Waals surface area (Å²) in [7, 11) is -3.01. The topological polar surface area (TPSA) is 45.4 Å². The van der Waals surface area contributed by atoms with Crippen LogP contribution in [0.4, 0.5) is 0 Å². The lowest BCUT2D eigenvalue weighted by Crippen LogP contribution is -2.68. The van der Waals surface area contributed by atoms with Crippen LogP contribution in [0, 0.1) is 11.3 Å². The third kappa shape index (κ3) is 4.61. The maximum Gasteiger partial charge on any atom is 0.380 e. The molecule has 5 aromatic rings. The summed E-state index contributed by atoms with van der Waals surface area (Å²) in [6.45, 7) is 0. The van der Waals surface area contributed by atoms with Crippen molar-refractivity contribution >= 4 is 29.6 Å². The van der Waals surface area contributed by atoms with Gasteiger partial charge >= 0.3 is 8.32 Å². The van der Waals surface area contributed by atoms with Crippen LogP contribution in [-0.4, -0.2) is 14.0 Å². The van der Waals surface area contributed by atoms with Gasteiger partial charge in [0.15, 0.2) is 0 Å². The molecule has 0 atom stereocenters. The highest BCUT2D eigenvalue weighted by Crippen LogP contribution is 2.16. The van der Waals surface area contributed by atoms with E-state index in [4.69, 9.17) is 9.68 Å². The Morgan fingerprint density at radius 2 is 0.917 bits per heavy atom. The van der Waals surface area contributed by atoms with Crippen molar-refractivity contribution in [2.45, 2.75) is 0 Å². The molecule has 0 aromatic heterocycles. The first-order valence-electron chi connectivity index (χ1n) is 11.8. The highest BCUT2D eigenvalue weighted by molar-refractivity contribution is 7.07. The molecule has 0 aliphatic heterocycles. The lowest BCUT2D eigenvalue weighted by Gasteiger charge is -2.30.